The lowest BCUT2D eigenvalue weighted by molar-refractivity contribution is -0.142. The van der Waals surface area contributed by atoms with Crippen LogP contribution in [-0.4, -0.2) is 42.2 Å². The van der Waals surface area contributed by atoms with Gasteiger partial charge in [0.05, 0.1) is 11.4 Å². The number of amides is 1. The van der Waals surface area contributed by atoms with Crippen LogP contribution in [0.15, 0.2) is 42.6 Å². The zero-order chi connectivity index (χ0) is 23.2. The van der Waals surface area contributed by atoms with Gasteiger partial charge in [-0.2, -0.15) is 23.4 Å². The molecule has 0 aliphatic heterocycles. The van der Waals surface area contributed by atoms with Crippen molar-refractivity contribution in [1.29, 1.82) is 0 Å². The van der Waals surface area contributed by atoms with Gasteiger partial charge in [0.15, 0.2) is 17.0 Å². The number of fused-ring (bicyclic) bond motifs is 1. The second-order valence-electron chi connectivity index (χ2n) is 7.41. The van der Waals surface area contributed by atoms with Crippen molar-refractivity contribution in [3.63, 3.8) is 0 Å². The predicted molar refractivity (Wildman–Crippen MR) is 112 cm³/mol. The molecule has 1 aromatic carbocycles. The SMILES string of the molecule is Cc1nn(C)cc1CN(C)C(=O)c1cc2nc(-c3ccc(Cl)cc3)cc(C(F)(F)F)n2n1. The zero-order valence-corrected chi connectivity index (χ0v) is 18.1. The van der Waals surface area contributed by atoms with Crippen molar-refractivity contribution >= 4 is 23.2 Å². The van der Waals surface area contributed by atoms with Crippen LogP contribution >= 0.6 is 11.6 Å². The Balaban J connectivity index is 1.74. The third-order valence-electron chi connectivity index (χ3n) is 4.95. The summed E-state index contributed by atoms with van der Waals surface area (Å²) in [6.45, 7) is 2.05. The molecular weight excluding hydrogens is 445 g/mol. The predicted octanol–water partition coefficient (Wildman–Crippen LogP) is 4.38. The van der Waals surface area contributed by atoms with Gasteiger partial charge in [0, 0.05) is 49.1 Å². The molecule has 3 heterocycles. The highest BCUT2D eigenvalue weighted by atomic mass is 35.5. The van der Waals surface area contributed by atoms with Gasteiger partial charge < -0.3 is 4.90 Å². The number of aromatic nitrogens is 5. The van der Waals surface area contributed by atoms with Gasteiger partial charge in [0.25, 0.3) is 5.91 Å². The van der Waals surface area contributed by atoms with Crippen LogP contribution in [0, 0.1) is 6.92 Å². The van der Waals surface area contributed by atoms with E-state index in [2.05, 4.69) is 15.2 Å². The number of hydrogen-bond acceptors (Lipinski definition) is 4. The van der Waals surface area contributed by atoms with E-state index in [-0.39, 0.29) is 23.6 Å². The quantitative estimate of drug-likeness (QED) is 0.451. The van der Waals surface area contributed by atoms with Gasteiger partial charge in [0.2, 0.25) is 0 Å². The van der Waals surface area contributed by atoms with E-state index in [4.69, 9.17) is 11.6 Å². The summed E-state index contributed by atoms with van der Waals surface area (Å²) >= 11 is 5.87. The Kier molecular flexibility index (Phi) is 5.41. The number of nitrogens with zero attached hydrogens (tertiary/aromatic N) is 6. The number of halogens is 4. The lowest BCUT2D eigenvalue weighted by Crippen LogP contribution is -2.27. The summed E-state index contributed by atoms with van der Waals surface area (Å²) in [5, 5.41) is 8.60. The van der Waals surface area contributed by atoms with Crippen molar-refractivity contribution in [2.24, 2.45) is 7.05 Å². The van der Waals surface area contributed by atoms with Gasteiger partial charge in [-0.15, -0.1) is 0 Å². The molecule has 0 fully saturated rings. The van der Waals surface area contributed by atoms with Crippen molar-refractivity contribution in [1.82, 2.24) is 29.3 Å². The van der Waals surface area contributed by atoms with Crippen molar-refractivity contribution < 1.29 is 18.0 Å². The summed E-state index contributed by atoms with van der Waals surface area (Å²) in [5.41, 5.74) is 0.888. The minimum atomic E-state index is -4.70. The van der Waals surface area contributed by atoms with Crippen LogP contribution in [0.3, 0.4) is 0 Å². The molecule has 0 radical (unpaired) electrons. The largest absolute Gasteiger partial charge is 0.433 e. The molecule has 0 aliphatic rings. The van der Waals surface area contributed by atoms with Crippen LogP contribution in [0.25, 0.3) is 16.9 Å². The van der Waals surface area contributed by atoms with E-state index in [1.54, 1.807) is 49.2 Å². The molecule has 11 heteroatoms. The number of carbonyl (C=O) groups excluding carboxylic acids is 1. The van der Waals surface area contributed by atoms with E-state index in [1.165, 1.54) is 11.0 Å². The Hall–Kier alpha value is -3.40. The molecule has 7 nitrogen and oxygen atoms in total. The van der Waals surface area contributed by atoms with Gasteiger partial charge in [-0.1, -0.05) is 23.7 Å². The second kappa shape index (κ2) is 7.94. The summed E-state index contributed by atoms with van der Waals surface area (Å²) in [6.07, 6.45) is -2.92. The Morgan fingerprint density at radius 1 is 1.16 bits per heavy atom. The van der Waals surface area contributed by atoms with E-state index < -0.39 is 17.8 Å². The van der Waals surface area contributed by atoms with Gasteiger partial charge in [-0.25, -0.2) is 9.50 Å². The van der Waals surface area contributed by atoms with E-state index in [0.29, 0.717) is 15.1 Å². The summed E-state index contributed by atoms with van der Waals surface area (Å²) in [6, 6.07) is 8.44. The number of alkyl halides is 3. The van der Waals surface area contributed by atoms with E-state index in [1.807, 2.05) is 6.92 Å². The average Bonchev–Trinajstić information content (AvgIpc) is 3.28. The number of benzene rings is 1. The molecule has 32 heavy (non-hydrogen) atoms. The number of hydrogen-bond donors (Lipinski definition) is 0. The molecule has 0 saturated heterocycles. The van der Waals surface area contributed by atoms with Crippen LogP contribution in [0.2, 0.25) is 5.02 Å². The molecule has 0 saturated carbocycles. The molecular formula is C21H18ClF3N6O. The molecule has 0 spiro atoms. The summed E-state index contributed by atoms with van der Waals surface area (Å²) in [7, 11) is 3.32. The maximum Gasteiger partial charge on any atom is 0.433 e. The van der Waals surface area contributed by atoms with Crippen LogP contribution in [0.1, 0.15) is 27.4 Å². The Bertz CT molecular complexity index is 1310. The fourth-order valence-corrected chi connectivity index (χ4v) is 3.50. The molecule has 4 aromatic rings. The first kappa shape index (κ1) is 21.8. The standard InChI is InChI=1S/C21H18ClF3N6O/c1-12-14(11-30(3)27-12)10-29(2)20(32)17-9-19-26-16(13-4-6-15(22)7-5-13)8-18(21(23,24)25)31(19)28-17/h4-9,11H,10H2,1-3H3. The van der Waals surface area contributed by atoms with Crippen LogP contribution in [-0.2, 0) is 19.8 Å². The molecule has 4 rings (SSSR count). The maximum absolute atomic E-state index is 13.8. The summed E-state index contributed by atoms with van der Waals surface area (Å²) in [4.78, 5) is 18.5. The summed E-state index contributed by atoms with van der Waals surface area (Å²) in [5.74, 6) is -0.528. The molecule has 0 unspecified atom stereocenters. The highest BCUT2D eigenvalue weighted by Gasteiger charge is 2.36. The highest BCUT2D eigenvalue weighted by molar-refractivity contribution is 6.30. The van der Waals surface area contributed by atoms with Gasteiger partial charge >= 0.3 is 6.18 Å². The molecule has 0 N–H and O–H groups in total. The molecule has 0 atom stereocenters. The van der Waals surface area contributed by atoms with Crippen LogP contribution < -0.4 is 0 Å². The van der Waals surface area contributed by atoms with Crippen LogP contribution in [0.4, 0.5) is 13.2 Å². The van der Waals surface area contributed by atoms with E-state index in [0.717, 1.165) is 17.3 Å². The van der Waals surface area contributed by atoms with Gasteiger partial charge in [-0.3, -0.25) is 9.48 Å². The first-order valence-electron chi connectivity index (χ1n) is 9.51. The lowest BCUT2D eigenvalue weighted by atomic mass is 10.1. The van der Waals surface area contributed by atoms with Crippen molar-refractivity contribution in [3.8, 4) is 11.3 Å². The Morgan fingerprint density at radius 3 is 2.44 bits per heavy atom. The molecule has 0 bridgehead atoms. The Labute approximate surface area is 186 Å². The zero-order valence-electron chi connectivity index (χ0n) is 17.4. The van der Waals surface area contributed by atoms with Gasteiger partial charge in [0.1, 0.15) is 0 Å². The minimum Gasteiger partial charge on any atom is -0.336 e. The number of rotatable bonds is 4. The fraction of sp³-hybridized carbons (Fsp3) is 0.238. The first-order valence-corrected chi connectivity index (χ1v) is 9.89. The number of carbonyl (C=O) groups is 1. The molecule has 0 aliphatic carbocycles. The molecule has 1 amide bonds. The maximum atomic E-state index is 13.8. The van der Waals surface area contributed by atoms with Crippen LogP contribution in [0.5, 0.6) is 0 Å². The average molecular weight is 463 g/mol. The minimum absolute atomic E-state index is 0.0842. The number of aryl methyl sites for hydroxylation is 2. The Morgan fingerprint density at radius 2 is 1.84 bits per heavy atom. The molecule has 166 valence electrons. The second-order valence-corrected chi connectivity index (χ2v) is 7.84. The first-order chi connectivity index (χ1) is 15.0. The van der Waals surface area contributed by atoms with Gasteiger partial charge in [-0.05, 0) is 25.1 Å². The monoisotopic (exact) mass is 462 g/mol. The normalized spacial score (nSPS) is 11.8. The van der Waals surface area contributed by atoms with E-state index >= 15 is 0 Å². The highest BCUT2D eigenvalue weighted by Crippen LogP contribution is 2.32. The third kappa shape index (κ3) is 4.18. The smallest absolute Gasteiger partial charge is 0.336 e. The summed E-state index contributed by atoms with van der Waals surface area (Å²) < 4.78 is 43.6. The lowest BCUT2D eigenvalue weighted by Gasteiger charge is -2.15. The fourth-order valence-electron chi connectivity index (χ4n) is 3.38. The topological polar surface area (TPSA) is 68.3 Å². The van der Waals surface area contributed by atoms with Crippen molar-refractivity contribution in [2.75, 3.05) is 7.05 Å². The van der Waals surface area contributed by atoms with E-state index in [9.17, 15) is 18.0 Å². The van der Waals surface area contributed by atoms with Crippen molar-refractivity contribution in [2.45, 2.75) is 19.6 Å². The third-order valence-corrected chi connectivity index (χ3v) is 5.20. The molecule has 3 aromatic heterocycles. The van der Waals surface area contributed by atoms with Crippen molar-refractivity contribution in [3.05, 3.63) is 70.3 Å².